The highest BCUT2D eigenvalue weighted by atomic mass is 35.5. The monoisotopic (exact) mass is 505 g/mol. The van der Waals surface area contributed by atoms with Crippen molar-refractivity contribution in [2.45, 2.75) is 37.6 Å². The lowest BCUT2D eigenvalue weighted by Crippen LogP contribution is -2.40. The fraction of sp³-hybridized carbons (Fsp3) is 0.409. The van der Waals surface area contributed by atoms with Crippen LogP contribution in [0.1, 0.15) is 41.1 Å². The summed E-state index contributed by atoms with van der Waals surface area (Å²) in [5, 5.41) is 12.5. The Morgan fingerprint density at radius 3 is 2.79 bits per heavy atom. The average Bonchev–Trinajstić information content (AvgIpc) is 3.44. The zero-order chi connectivity index (χ0) is 23.4. The van der Waals surface area contributed by atoms with Gasteiger partial charge in [-0.25, -0.2) is 4.98 Å². The maximum absolute atomic E-state index is 12.9. The zero-order valence-corrected chi connectivity index (χ0v) is 20.8. The van der Waals surface area contributed by atoms with E-state index in [1.54, 1.807) is 17.2 Å². The second-order valence-electron chi connectivity index (χ2n) is 7.58. The molecular weight excluding hydrogens is 482 g/mol. The van der Waals surface area contributed by atoms with Crippen LogP contribution in [0.4, 0.5) is 0 Å². The van der Waals surface area contributed by atoms with Gasteiger partial charge in [-0.15, -0.1) is 21.5 Å². The first kappa shape index (κ1) is 23.7. The summed E-state index contributed by atoms with van der Waals surface area (Å²) in [6.45, 7) is 5.14. The highest BCUT2D eigenvalue weighted by molar-refractivity contribution is 7.98. The van der Waals surface area contributed by atoms with Gasteiger partial charge in [0, 0.05) is 23.5 Å². The molecule has 1 saturated heterocycles. The van der Waals surface area contributed by atoms with Crippen molar-refractivity contribution in [2.75, 3.05) is 19.7 Å². The first-order chi connectivity index (χ1) is 16.0. The Kier molecular flexibility index (Phi) is 7.67. The fourth-order valence-electron chi connectivity index (χ4n) is 3.69. The third-order valence-electron chi connectivity index (χ3n) is 5.36. The van der Waals surface area contributed by atoms with Crippen LogP contribution in [-0.2, 0) is 15.3 Å². The number of hydrogen-bond acceptors (Lipinski definition) is 8. The maximum atomic E-state index is 12.9. The number of carbonyl (C=O) groups excluding carboxylic acids is 2. The van der Waals surface area contributed by atoms with E-state index in [1.165, 1.54) is 23.1 Å². The predicted molar refractivity (Wildman–Crippen MR) is 128 cm³/mol. The SMILES string of the molecule is CCOC(=O)C1CCN(C(=O)c2csc(CSc3nnc(C)n3-c3cccc(Cl)c3)n2)CC1. The molecule has 4 rings (SSSR count). The predicted octanol–water partition coefficient (Wildman–Crippen LogP) is 4.39. The number of carbonyl (C=O) groups is 2. The first-order valence-electron chi connectivity index (χ1n) is 10.7. The van der Waals surface area contributed by atoms with Gasteiger partial charge >= 0.3 is 5.97 Å². The number of ether oxygens (including phenoxy) is 1. The lowest BCUT2D eigenvalue weighted by atomic mass is 9.97. The molecular formula is C22H24ClN5O3S2. The molecule has 0 bridgehead atoms. The maximum Gasteiger partial charge on any atom is 0.309 e. The van der Waals surface area contributed by atoms with Gasteiger partial charge in [-0.2, -0.15) is 0 Å². The molecule has 1 fully saturated rings. The summed E-state index contributed by atoms with van der Waals surface area (Å²) in [5.41, 5.74) is 1.34. The molecule has 3 heterocycles. The average molecular weight is 506 g/mol. The third kappa shape index (κ3) is 5.56. The molecule has 0 spiro atoms. The quantitative estimate of drug-likeness (QED) is 0.347. The van der Waals surface area contributed by atoms with Crippen LogP contribution in [0.5, 0.6) is 0 Å². The number of halogens is 1. The van der Waals surface area contributed by atoms with Gasteiger partial charge in [0.1, 0.15) is 16.5 Å². The van der Waals surface area contributed by atoms with Gasteiger partial charge in [0.2, 0.25) is 0 Å². The van der Waals surface area contributed by atoms with Gasteiger partial charge in [-0.1, -0.05) is 29.4 Å². The molecule has 3 aromatic rings. The Bertz CT molecular complexity index is 1140. The van der Waals surface area contributed by atoms with Crippen molar-refractivity contribution >= 4 is 46.6 Å². The number of nitrogens with zero attached hydrogens (tertiary/aromatic N) is 5. The number of esters is 1. The smallest absolute Gasteiger partial charge is 0.309 e. The van der Waals surface area contributed by atoms with Crippen LogP contribution < -0.4 is 0 Å². The van der Waals surface area contributed by atoms with Crippen molar-refractivity contribution < 1.29 is 14.3 Å². The van der Waals surface area contributed by atoms with E-state index in [2.05, 4.69) is 15.2 Å². The Hall–Kier alpha value is -2.43. The molecule has 2 aromatic heterocycles. The summed E-state index contributed by atoms with van der Waals surface area (Å²) in [6, 6.07) is 7.54. The summed E-state index contributed by atoms with van der Waals surface area (Å²) in [4.78, 5) is 31.1. The summed E-state index contributed by atoms with van der Waals surface area (Å²) in [6.07, 6.45) is 1.24. The van der Waals surface area contributed by atoms with E-state index in [4.69, 9.17) is 16.3 Å². The number of rotatable bonds is 7. The molecule has 1 amide bonds. The van der Waals surface area contributed by atoms with E-state index in [1.807, 2.05) is 35.8 Å². The number of hydrogen-bond donors (Lipinski definition) is 0. The van der Waals surface area contributed by atoms with Gasteiger partial charge in [-0.3, -0.25) is 14.2 Å². The van der Waals surface area contributed by atoms with Crippen LogP contribution in [0, 0.1) is 12.8 Å². The Labute approximate surface area is 205 Å². The molecule has 174 valence electrons. The Balaban J connectivity index is 1.37. The zero-order valence-electron chi connectivity index (χ0n) is 18.4. The van der Waals surface area contributed by atoms with Crippen LogP contribution in [0.15, 0.2) is 34.8 Å². The number of benzene rings is 1. The van der Waals surface area contributed by atoms with Crippen LogP contribution >= 0.6 is 34.7 Å². The second kappa shape index (κ2) is 10.7. The molecule has 1 aliphatic rings. The minimum atomic E-state index is -0.168. The summed E-state index contributed by atoms with van der Waals surface area (Å²) >= 11 is 9.11. The Morgan fingerprint density at radius 2 is 2.06 bits per heavy atom. The van der Waals surface area contributed by atoms with Crippen LogP contribution in [0.25, 0.3) is 5.69 Å². The van der Waals surface area contributed by atoms with Gasteiger partial charge < -0.3 is 9.64 Å². The highest BCUT2D eigenvalue weighted by Crippen LogP contribution is 2.28. The first-order valence-corrected chi connectivity index (χ1v) is 12.9. The molecule has 0 radical (unpaired) electrons. The minimum Gasteiger partial charge on any atom is -0.466 e. The number of aromatic nitrogens is 4. The molecule has 0 atom stereocenters. The van der Waals surface area contributed by atoms with Crippen molar-refractivity contribution in [3.05, 3.63) is 51.2 Å². The molecule has 33 heavy (non-hydrogen) atoms. The molecule has 11 heteroatoms. The van der Waals surface area contributed by atoms with E-state index in [0.29, 0.717) is 49.0 Å². The van der Waals surface area contributed by atoms with Crippen molar-refractivity contribution in [2.24, 2.45) is 5.92 Å². The fourth-order valence-corrected chi connectivity index (χ4v) is 5.66. The van der Waals surface area contributed by atoms with Crippen molar-refractivity contribution in [3.8, 4) is 5.69 Å². The molecule has 0 aliphatic carbocycles. The van der Waals surface area contributed by atoms with Gasteiger partial charge in [0.15, 0.2) is 5.16 Å². The minimum absolute atomic E-state index is 0.0947. The summed E-state index contributed by atoms with van der Waals surface area (Å²) < 4.78 is 7.05. The number of amides is 1. The topological polar surface area (TPSA) is 90.2 Å². The van der Waals surface area contributed by atoms with E-state index in [0.717, 1.165) is 21.7 Å². The number of likely N-dealkylation sites (tertiary alicyclic amines) is 1. The largest absolute Gasteiger partial charge is 0.466 e. The van der Waals surface area contributed by atoms with Gasteiger partial charge in [0.25, 0.3) is 5.91 Å². The second-order valence-corrected chi connectivity index (χ2v) is 9.90. The normalized spacial score (nSPS) is 14.5. The number of thiazole rings is 1. The van der Waals surface area contributed by atoms with Crippen molar-refractivity contribution in [1.82, 2.24) is 24.6 Å². The molecule has 0 N–H and O–H groups in total. The standard InChI is InChI=1S/C22H24ClN5O3S2/c1-3-31-21(30)15-7-9-27(10-8-15)20(29)18-12-32-19(24-18)13-33-22-26-25-14(2)28(22)17-6-4-5-16(23)11-17/h4-6,11-12,15H,3,7-10,13H2,1-2H3. The third-order valence-corrected chi connectivity index (χ3v) is 7.57. The molecule has 1 aliphatic heterocycles. The van der Waals surface area contributed by atoms with E-state index in [-0.39, 0.29) is 17.8 Å². The summed E-state index contributed by atoms with van der Waals surface area (Å²) in [7, 11) is 0. The van der Waals surface area contributed by atoms with Crippen LogP contribution in [0.2, 0.25) is 5.02 Å². The molecule has 1 aromatic carbocycles. The number of aryl methyl sites for hydroxylation is 1. The van der Waals surface area contributed by atoms with E-state index in [9.17, 15) is 9.59 Å². The van der Waals surface area contributed by atoms with Crippen LogP contribution in [0.3, 0.4) is 0 Å². The van der Waals surface area contributed by atoms with Crippen molar-refractivity contribution in [3.63, 3.8) is 0 Å². The Morgan fingerprint density at radius 1 is 1.27 bits per heavy atom. The highest BCUT2D eigenvalue weighted by Gasteiger charge is 2.29. The van der Waals surface area contributed by atoms with Crippen molar-refractivity contribution in [1.29, 1.82) is 0 Å². The number of piperidine rings is 1. The number of thioether (sulfide) groups is 1. The molecule has 0 saturated carbocycles. The van der Waals surface area contributed by atoms with E-state index < -0.39 is 0 Å². The van der Waals surface area contributed by atoms with Gasteiger partial charge in [0.05, 0.1) is 24.0 Å². The van der Waals surface area contributed by atoms with Gasteiger partial charge in [-0.05, 0) is 44.9 Å². The lowest BCUT2D eigenvalue weighted by Gasteiger charge is -2.30. The van der Waals surface area contributed by atoms with E-state index >= 15 is 0 Å². The lowest BCUT2D eigenvalue weighted by molar-refractivity contribution is -0.149. The van der Waals surface area contributed by atoms with Crippen LogP contribution in [-0.4, -0.2) is 56.2 Å². The molecule has 8 nitrogen and oxygen atoms in total. The summed E-state index contributed by atoms with van der Waals surface area (Å²) in [5.74, 6) is 0.945. The molecule has 0 unspecified atom stereocenters.